The monoisotopic (exact) mass is 322 g/mol. The zero-order valence-corrected chi connectivity index (χ0v) is 10.8. The number of alkyl halides is 3. The molecule has 0 saturated carbocycles. The Balaban J connectivity index is 2.42. The molecular formula is C10H6F4N4O2S. The molecule has 0 saturated heterocycles. The van der Waals surface area contributed by atoms with E-state index in [1.807, 2.05) is 0 Å². The molecule has 1 heterocycles. The van der Waals surface area contributed by atoms with Crippen molar-refractivity contribution >= 4 is 17.7 Å². The van der Waals surface area contributed by atoms with Crippen LogP contribution < -0.4 is 0 Å². The molecule has 2 rings (SSSR count). The number of aliphatic carboxylic acids is 1. The van der Waals surface area contributed by atoms with Crippen molar-refractivity contribution in [3.8, 4) is 5.69 Å². The Labute approximate surface area is 118 Å². The molecule has 1 aromatic carbocycles. The summed E-state index contributed by atoms with van der Waals surface area (Å²) in [5, 5.41) is 18.5. The van der Waals surface area contributed by atoms with Crippen molar-refractivity contribution in [1.82, 2.24) is 20.2 Å². The molecule has 0 amide bonds. The van der Waals surface area contributed by atoms with E-state index in [1.165, 1.54) is 0 Å². The second-order valence-corrected chi connectivity index (χ2v) is 4.66. The van der Waals surface area contributed by atoms with Gasteiger partial charge in [-0.25, -0.2) is 4.39 Å². The standard InChI is InChI=1S/C10H6F4N4O2S/c11-6-2-1-5(10(12,13)14)3-7(6)18-9(15-16-17-18)21-4-8(19)20/h1-3H,4H2,(H,19,20). The fourth-order valence-electron chi connectivity index (χ4n) is 1.40. The molecule has 0 unspecified atom stereocenters. The largest absolute Gasteiger partial charge is 0.481 e. The molecule has 0 atom stereocenters. The number of benzene rings is 1. The molecule has 2 aromatic rings. The van der Waals surface area contributed by atoms with Gasteiger partial charge in [0.15, 0.2) is 0 Å². The minimum atomic E-state index is -4.65. The van der Waals surface area contributed by atoms with Crippen molar-refractivity contribution in [3.63, 3.8) is 0 Å². The minimum Gasteiger partial charge on any atom is -0.481 e. The number of aromatic nitrogens is 4. The van der Waals surface area contributed by atoms with Gasteiger partial charge in [-0.1, -0.05) is 11.8 Å². The van der Waals surface area contributed by atoms with Crippen molar-refractivity contribution in [3.05, 3.63) is 29.6 Å². The summed E-state index contributed by atoms with van der Waals surface area (Å²) < 4.78 is 52.3. The molecule has 0 aliphatic carbocycles. The van der Waals surface area contributed by atoms with Crippen LogP contribution in [0, 0.1) is 5.82 Å². The van der Waals surface area contributed by atoms with Crippen LogP contribution >= 0.6 is 11.8 Å². The van der Waals surface area contributed by atoms with Crippen LogP contribution in [0.2, 0.25) is 0 Å². The van der Waals surface area contributed by atoms with Gasteiger partial charge >= 0.3 is 12.1 Å². The lowest BCUT2D eigenvalue weighted by Gasteiger charge is -2.10. The van der Waals surface area contributed by atoms with E-state index in [-0.39, 0.29) is 5.16 Å². The molecule has 0 spiro atoms. The lowest BCUT2D eigenvalue weighted by atomic mass is 10.2. The summed E-state index contributed by atoms with van der Waals surface area (Å²) in [6.07, 6.45) is -4.65. The van der Waals surface area contributed by atoms with Crippen LogP contribution in [0.3, 0.4) is 0 Å². The average Bonchev–Trinajstić information content (AvgIpc) is 2.83. The maximum absolute atomic E-state index is 13.7. The lowest BCUT2D eigenvalue weighted by Crippen LogP contribution is -2.09. The van der Waals surface area contributed by atoms with E-state index in [0.29, 0.717) is 30.0 Å². The van der Waals surface area contributed by atoms with E-state index in [0.717, 1.165) is 4.68 Å². The Morgan fingerprint density at radius 1 is 1.38 bits per heavy atom. The fourth-order valence-corrected chi connectivity index (χ4v) is 2.00. The van der Waals surface area contributed by atoms with Crippen LogP contribution in [-0.2, 0) is 11.0 Å². The Kier molecular flexibility index (Phi) is 4.11. The second kappa shape index (κ2) is 5.68. The van der Waals surface area contributed by atoms with Gasteiger partial charge in [0, 0.05) is 0 Å². The number of halogens is 4. The Bertz CT molecular complexity index is 673. The molecule has 0 fully saturated rings. The number of hydrogen-bond donors (Lipinski definition) is 1. The first-order valence-corrected chi connectivity index (χ1v) is 6.27. The molecule has 0 bridgehead atoms. The average molecular weight is 322 g/mol. The van der Waals surface area contributed by atoms with Gasteiger partial charge in [0.25, 0.3) is 0 Å². The van der Waals surface area contributed by atoms with Gasteiger partial charge in [0.1, 0.15) is 11.5 Å². The maximum atomic E-state index is 13.7. The highest BCUT2D eigenvalue weighted by Gasteiger charge is 2.31. The van der Waals surface area contributed by atoms with Gasteiger partial charge < -0.3 is 5.11 Å². The zero-order chi connectivity index (χ0) is 15.6. The van der Waals surface area contributed by atoms with Gasteiger partial charge in [-0.3, -0.25) is 4.79 Å². The normalized spacial score (nSPS) is 11.6. The number of carboxylic acid groups (broad SMARTS) is 1. The Morgan fingerprint density at radius 2 is 2.10 bits per heavy atom. The molecule has 1 N–H and O–H groups in total. The number of hydrogen-bond acceptors (Lipinski definition) is 5. The summed E-state index contributed by atoms with van der Waals surface area (Å²) in [7, 11) is 0. The van der Waals surface area contributed by atoms with E-state index in [4.69, 9.17) is 5.11 Å². The van der Waals surface area contributed by atoms with Crippen LogP contribution in [0.5, 0.6) is 0 Å². The number of thioether (sulfide) groups is 1. The third kappa shape index (κ3) is 3.48. The third-order valence-electron chi connectivity index (χ3n) is 2.27. The van der Waals surface area contributed by atoms with Crippen LogP contribution in [0.15, 0.2) is 23.4 Å². The van der Waals surface area contributed by atoms with Crippen LogP contribution in [0.25, 0.3) is 5.69 Å². The molecular weight excluding hydrogens is 316 g/mol. The van der Waals surface area contributed by atoms with Gasteiger partial charge in [-0.15, -0.1) is 5.10 Å². The SMILES string of the molecule is O=C(O)CSc1nnnn1-c1cc(C(F)(F)F)ccc1F. The number of nitrogens with zero attached hydrogens (tertiary/aromatic N) is 4. The predicted octanol–water partition coefficient (Wildman–Crippen LogP) is 2.00. The third-order valence-corrected chi connectivity index (χ3v) is 3.17. The number of rotatable bonds is 4. The molecule has 0 radical (unpaired) electrons. The zero-order valence-electron chi connectivity index (χ0n) is 10.0. The highest BCUT2D eigenvalue weighted by atomic mass is 32.2. The molecule has 112 valence electrons. The Hall–Kier alpha value is -2.17. The smallest absolute Gasteiger partial charge is 0.416 e. The second-order valence-electron chi connectivity index (χ2n) is 3.72. The van der Waals surface area contributed by atoms with E-state index in [2.05, 4.69) is 15.5 Å². The van der Waals surface area contributed by atoms with E-state index >= 15 is 0 Å². The maximum Gasteiger partial charge on any atom is 0.416 e. The minimum absolute atomic E-state index is 0.129. The molecule has 0 aliphatic heterocycles. The quantitative estimate of drug-likeness (QED) is 0.685. The predicted molar refractivity (Wildman–Crippen MR) is 62.5 cm³/mol. The highest BCUT2D eigenvalue weighted by molar-refractivity contribution is 7.99. The summed E-state index contributed by atoms with van der Waals surface area (Å²) in [6, 6.07) is 1.79. The molecule has 21 heavy (non-hydrogen) atoms. The summed E-state index contributed by atoms with van der Waals surface area (Å²) in [5.41, 5.74) is -1.58. The number of carboxylic acids is 1. The number of tetrazole rings is 1. The van der Waals surface area contributed by atoms with E-state index < -0.39 is 35.0 Å². The fraction of sp³-hybridized carbons (Fsp3) is 0.200. The summed E-state index contributed by atoms with van der Waals surface area (Å²) in [6.45, 7) is 0. The highest BCUT2D eigenvalue weighted by Crippen LogP contribution is 2.31. The van der Waals surface area contributed by atoms with Crippen LogP contribution in [0.1, 0.15) is 5.56 Å². The van der Waals surface area contributed by atoms with Gasteiger partial charge in [-0.05, 0) is 28.6 Å². The summed E-state index contributed by atoms with van der Waals surface area (Å²) >= 11 is 0.658. The van der Waals surface area contributed by atoms with Crippen molar-refractivity contribution in [2.24, 2.45) is 0 Å². The Morgan fingerprint density at radius 3 is 2.71 bits per heavy atom. The van der Waals surface area contributed by atoms with Crippen LogP contribution in [0.4, 0.5) is 17.6 Å². The first kappa shape index (κ1) is 15.2. The summed E-state index contributed by atoms with van der Waals surface area (Å²) in [5.74, 6) is -2.55. The van der Waals surface area contributed by atoms with Crippen molar-refractivity contribution in [1.29, 1.82) is 0 Å². The van der Waals surface area contributed by atoms with Gasteiger partial charge in [0.05, 0.1) is 11.3 Å². The van der Waals surface area contributed by atoms with Crippen molar-refractivity contribution in [2.45, 2.75) is 11.3 Å². The number of carbonyl (C=O) groups is 1. The van der Waals surface area contributed by atoms with Crippen molar-refractivity contribution in [2.75, 3.05) is 5.75 Å². The van der Waals surface area contributed by atoms with Gasteiger partial charge in [0.2, 0.25) is 5.16 Å². The van der Waals surface area contributed by atoms with Gasteiger partial charge in [-0.2, -0.15) is 17.9 Å². The molecule has 11 heteroatoms. The molecule has 6 nitrogen and oxygen atoms in total. The lowest BCUT2D eigenvalue weighted by molar-refractivity contribution is -0.137. The van der Waals surface area contributed by atoms with Crippen molar-refractivity contribution < 1.29 is 27.5 Å². The molecule has 1 aromatic heterocycles. The van der Waals surface area contributed by atoms with E-state index in [1.54, 1.807) is 0 Å². The first-order valence-electron chi connectivity index (χ1n) is 5.29. The summed E-state index contributed by atoms with van der Waals surface area (Å²) in [4.78, 5) is 10.5. The van der Waals surface area contributed by atoms with Crippen LogP contribution in [-0.4, -0.2) is 37.0 Å². The molecule has 0 aliphatic rings. The van der Waals surface area contributed by atoms with E-state index in [9.17, 15) is 22.4 Å². The topological polar surface area (TPSA) is 80.9 Å². The first-order chi connectivity index (χ1) is 9.79.